The summed E-state index contributed by atoms with van der Waals surface area (Å²) in [4.78, 5) is 23.3. The zero-order valence-electron chi connectivity index (χ0n) is 17.1. The number of nitrogens with two attached hydrogens (primary N) is 1. The molecular weight excluding hydrogens is 410 g/mol. The third-order valence-corrected chi connectivity index (χ3v) is 4.28. The Labute approximate surface area is 175 Å². The molecule has 0 aliphatic rings. The fourth-order valence-corrected chi connectivity index (χ4v) is 2.77. The molecule has 1 aromatic carbocycles. The van der Waals surface area contributed by atoms with Crippen molar-refractivity contribution < 1.29 is 19.1 Å². The van der Waals surface area contributed by atoms with E-state index in [1.807, 2.05) is 13.8 Å². The van der Waals surface area contributed by atoms with Gasteiger partial charge in [0.15, 0.2) is 11.4 Å². The Kier molecular flexibility index (Phi) is 5.90. The van der Waals surface area contributed by atoms with Crippen molar-refractivity contribution in [2.75, 3.05) is 12.8 Å². The molecule has 162 valence electrons. The second kappa shape index (κ2) is 8.56. The number of benzene rings is 1. The number of carbonyl (C=O) groups excluding carboxylic acids is 1. The van der Waals surface area contributed by atoms with Crippen LogP contribution in [0.15, 0.2) is 27.9 Å². The minimum atomic E-state index is -0.632. The molecule has 2 aromatic heterocycles. The zero-order chi connectivity index (χ0) is 22.7. The molecule has 0 radical (unpaired) electrons. The summed E-state index contributed by atoms with van der Waals surface area (Å²) < 4.78 is 10.8. The van der Waals surface area contributed by atoms with E-state index in [4.69, 9.17) is 10.5 Å². The van der Waals surface area contributed by atoms with Gasteiger partial charge in [0.2, 0.25) is 11.6 Å². The van der Waals surface area contributed by atoms with Gasteiger partial charge in [0.25, 0.3) is 5.91 Å². The molecule has 2 heterocycles. The lowest BCUT2D eigenvalue weighted by molar-refractivity contribution is -0.385. The predicted octanol–water partition coefficient (Wildman–Crippen LogP) is 1.43. The summed E-state index contributed by atoms with van der Waals surface area (Å²) in [6.07, 6.45) is 0. The van der Waals surface area contributed by atoms with Crippen molar-refractivity contribution in [3.05, 3.63) is 45.3 Å². The van der Waals surface area contributed by atoms with Crippen LogP contribution < -0.4 is 15.9 Å². The summed E-state index contributed by atoms with van der Waals surface area (Å²) >= 11 is 0. The first-order valence-corrected chi connectivity index (χ1v) is 8.96. The van der Waals surface area contributed by atoms with Gasteiger partial charge < -0.3 is 10.5 Å². The molecule has 31 heavy (non-hydrogen) atoms. The van der Waals surface area contributed by atoms with Crippen molar-refractivity contribution in [1.29, 1.82) is 0 Å². The van der Waals surface area contributed by atoms with Crippen molar-refractivity contribution in [2.45, 2.75) is 26.7 Å². The van der Waals surface area contributed by atoms with Gasteiger partial charge in [-0.1, -0.05) is 19.1 Å². The molecule has 0 spiro atoms. The van der Waals surface area contributed by atoms with Crippen LogP contribution in [0.1, 0.15) is 48.4 Å². The van der Waals surface area contributed by atoms with E-state index >= 15 is 0 Å². The maximum Gasteiger partial charge on any atom is 0.311 e. The maximum absolute atomic E-state index is 12.7. The number of hydrogen-bond acceptors (Lipinski definition) is 11. The van der Waals surface area contributed by atoms with E-state index in [1.165, 1.54) is 23.9 Å². The smallest absolute Gasteiger partial charge is 0.311 e. The molecule has 0 saturated carbocycles. The lowest BCUT2D eigenvalue weighted by Gasteiger charge is -2.08. The molecule has 0 aliphatic heterocycles. The first-order chi connectivity index (χ1) is 14.7. The van der Waals surface area contributed by atoms with Crippen molar-refractivity contribution >= 4 is 23.1 Å². The highest BCUT2D eigenvalue weighted by atomic mass is 16.6. The molecule has 0 bridgehead atoms. The predicted molar refractivity (Wildman–Crippen MR) is 107 cm³/mol. The van der Waals surface area contributed by atoms with Crippen LogP contribution >= 0.6 is 0 Å². The molecule has 14 nitrogen and oxygen atoms in total. The Balaban J connectivity index is 1.88. The molecule has 3 N–H and O–H groups in total. The van der Waals surface area contributed by atoms with Crippen LogP contribution in [0.4, 0.5) is 11.5 Å². The van der Waals surface area contributed by atoms with Gasteiger partial charge >= 0.3 is 5.69 Å². The Morgan fingerprint density at radius 3 is 2.71 bits per heavy atom. The third-order valence-electron chi connectivity index (χ3n) is 4.28. The number of nitrogens with one attached hydrogen (secondary N) is 1. The number of nitro benzene ring substituents is 1. The summed E-state index contributed by atoms with van der Waals surface area (Å²) in [5.41, 5.74) is 9.08. The average Bonchev–Trinajstić information content (AvgIpc) is 3.37. The molecule has 0 atom stereocenters. The van der Waals surface area contributed by atoms with Crippen LogP contribution in [0.25, 0.3) is 5.82 Å². The molecule has 3 aromatic rings. The largest absolute Gasteiger partial charge is 0.490 e. The minimum absolute atomic E-state index is 0.00581. The minimum Gasteiger partial charge on any atom is -0.490 e. The maximum atomic E-state index is 12.7. The highest BCUT2D eigenvalue weighted by Gasteiger charge is 2.26. The van der Waals surface area contributed by atoms with Crippen molar-refractivity contribution in [3.8, 4) is 11.6 Å². The van der Waals surface area contributed by atoms with E-state index in [2.05, 4.69) is 35.8 Å². The van der Waals surface area contributed by atoms with Crippen LogP contribution in [-0.4, -0.2) is 49.0 Å². The van der Waals surface area contributed by atoms with E-state index in [0.29, 0.717) is 17.0 Å². The molecule has 0 aliphatic carbocycles. The van der Waals surface area contributed by atoms with Crippen LogP contribution in [-0.2, 0) is 0 Å². The summed E-state index contributed by atoms with van der Waals surface area (Å²) in [5.74, 6) is -0.590. The summed E-state index contributed by atoms with van der Waals surface area (Å²) in [7, 11) is 1.34. The summed E-state index contributed by atoms with van der Waals surface area (Å²) in [5, 5.41) is 30.2. The van der Waals surface area contributed by atoms with Gasteiger partial charge in [-0.3, -0.25) is 14.9 Å². The molecule has 1 amide bonds. The molecular formula is C17H19N9O5. The lowest BCUT2D eigenvalue weighted by atomic mass is 10.1. The van der Waals surface area contributed by atoms with Crippen LogP contribution in [0.2, 0.25) is 0 Å². The number of nitrogen functional groups attached to an aromatic ring is 1. The van der Waals surface area contributed by atoms with E-state index < -0.39 is 10.8 Å². The van der Waals surface area contributed by atoms with Crippen molar-refractivity contribution in [3.63, 3.8) is 0 Å². The van der Waals surface area contributed by atoms with Gasteiger partial charge in [0.05, 0.1) is 23.4 Å². The average molecular weight is 429 g/mol. The zero-order valence-corrected chi connectivity index (χ0v) is 17.1. The van der Waals surface area contributed by atoms with Crippen molar-refractivity contribution in [2.24, 2.45) is 5.10 Å². The number of methoxy groups -OCH3 is 1. The van der Waals surface area contributed by atoms with E-state index in [1.54, 1.807) is 13.0 Å². The van der Waals surface area contributed by atoms with E-state index in [9.17, 15) is 14.9 Å². The number of amides is 1. The number of rotatable bonds is 7. The SMILES string of the molecule is COc1ccc(C(C)=NNC(=O)c2nnn(-c3nonc3N)c2C(C)C)cc1[N+](=O)[O-]. The van der Waals surface area contributed by atoms with Gasteiger partial charge in [-0.15, -0.1) is 5.10 Å². The van der Waals surface area contributed by atoms with E-state index in [-0.39, 0.29) is 34.7 Å². The molecule has 0 unspecified atom stereocenters. The highest BCUT2D eigenvalue weighted by molar-refractivity contribution is 6.01. The van der Waals surface area contributed by atoms with Crippen molar-refractivity contribution in [1.82, 2.24) is 30.7 Å². The van der Waals surface area contributed by atoms with Gasteiger partial charge in [0.1, 0.15) is 0 Å². The Bertz CT molecular complexity index is 1160. The highest BCUT2D eigenvalue weighted by Crippen LogP contribution is 2.28. The fourth-order valence-electron chi connectivity index (χ4n) is 2.77. The number of carbonyl (C=O) groups is 1. The lowest BCUT2D eigenvalue weighted by Crippen LogP contribution is -2.22. The number of nitrogens with zero attached hydrogens (tertiary/aromatic N) is 7. The molecule has 0 saturated heterocycles. The van der Waals surface area contributed by atoms with Gasteiger partial charge in [-0.25, -0.2) is 10.1 Å². The number of anilines is 1. The number of nitro groups is 1. The molecule has 14 heteroatoms. The summed E-state index contributed by atoms with van der Waals surface area (Å²) in [6, 6.07) is 4.35. The third kappa shape index (κ3) is 4.17. The number of ether oxygens (including phenoxy) is 1. The van der Waals surface area contributed by atoms with Crippen LogP contribution in [0.5, 0.6) is 5.75 Å². The van der Waals surface area contributed by atoms with Crippen LogP contribution in [0, 0.1) is 10.1 Å². The second-order valence-electron chi connectivity index (χ2n) is 6.64. The Morgan fingerprint density at radius 2 is 2.13 bits per heavy atom. The monoisotopic (exact) mass is 429 g/mol. The first-order valence-electron chi connectivity index (χ1n) is 8.96. The quantitative estimate of drug-likeness (QED) is 0.315. The normalized spacial score (nSPS) is 11.6. The van der Waals surface area contributed by atoms with E-state index in [0.717, 1.165) is 0 Å². The van der Waals surface area contributed by atoms with Crippen LogP contribution in [0.3, 0.4) is 0 Å². The standard InChI is InChI=1S/C17H19N9O5/c1-8(2)14-13(20-24-25(14)16-15(18)22-31-23-16)17(27)21-19-9(3)10-5-6-12(30-4)11(7-10)26(28)29/h5-8H,1-4H3,(H2,18,22)(H,21,27). The first kappa shape index (κ1) is 21.4. The Morgan fingerprint density at radius 1 is 1.39 bits per heavy atom. The second-order valence-corrected chi connectivity index (χ2v) is 6.64. The topological polar surface area (TPSA) is 189 Å². The molecule has 3 rings (SSSR count). The van der Waals surface area contributed by atoms with Gasteiger partial charge in [-0.05, 0) is 35.3 Å². The Hall–Kier alpha value is -4.36. The fraction of sp³-hybridized carbons (Fsp3) is 0.294. The summed E-state index contributed by atoms with van der Waals surface area (Å²) in [6.45, 7) is 5.26. The number of hydrogen-bond donors (Lipinski definition) is 2. The van der Waals surface area contributed by atoms with Gasteiger partial charge in [-0.2, -0.15) is 9.78 Å². The van der Waals surface area contributed by atoms with Gasteiger partial charge in [0, 0.05) is 11.6 Å². The number of hydrazone groups is 1. The molecule has 0 fully saturated rings. The number of aromatic nitrogens is 5.